The van der Waals surface area contributed by atoms with Gasteiger partial charge >= 0.3 is 6.09 Å². The van der Waals surface area contributed by atoms with Crippen LogP contribution in [-0.4, -0.2) is 94.6 Å². The quantitative estimate of drug-likeness (QED) is 0.191. The van der Waals surface area contributed by atoms with Crippen LogP contribution in [0.25, 0.3) is 0 Å². The topological polar surface area (TPSA) is 119 Å². The first-order valence-corrected chi connectivity index (χ1v) is 10.8. The normalized spacial score (nSPS) is 11.3. The maximum absolute atomic E-state index is 11.8. The van der Waals surface area contributed by atoms with Gasteiger partial charge in [-0.05, 0) is 32.9 Å². The van der Waals surface area contributed by atoms with Crippen LogP contribution < -0.4 is 4.74 Å². The Morgan fingerprint density at radius 3 is 1.76 bits per heavy atom. The second-order valence-corrected chi connectivity index (χ2v) is 7.95. The predicted octanol–water partition coefficient (Wildman–Crippen LogP) is 2.91. The molecule has 1 rings (SSSR count). The van der Waals surface area contributed by atoms with Crippen LogP contribution in [0.4, 0.5) is 10.5 Å². The fraction of sp³-hybridized carbons (Fsp3) is 0.682. The van der Waals surface area contributed by atoms with Gasteiger partial charge in [-0.1, -0.05) is 0 Å². The van der Waals surface area contributed by atoms with Crippen molar-refractivity contribution in [2.75, 3.05) is 73.1 Å². The number of non-ortho nitro benzene ring substituents is 1. The molecule has 0 unspecified atom stereocenters. The number of carbonyl (C=O) groups is 1. The third kappa shape index (κ3) is 15.1. The third-order valence-corrected chi connectivity index (χ3v) is 3.94. The minimum absolute atomic E-state index is 0.0235. The van der Waals surface area contributed by atoms with Crippen molar-refractivity contribution in [1.29, 1.82) is 0 Å². The summed E-state index contributed by atoms with van der Waals surface area (Å²) in [6.07, 6.45) is -0.375. The van der Waals surface area contributed by atoms with Crippen molar-refractivity contribution in [2.24, 2.45) is 0 Å². The molecule has 1 aromatic carbocycles. The molecule has 0 aliphatic carbocycles. The number of amides is 1. The number of rotatable bonds is 17. The number of nitrogens with zero attached hydrogens (tertiary/aromatic N) is 2. The first kappa shape index (κ1) is 28.6. The first-order valence-electron chi connectivity index (χ1n) is 10.8. The highest BCUT2D eigenvalue weighted by Crippen LogP contribution is 2.17. The lowest BCUT2D eigenvalue weighted by atomic mass is 10.2. The van der Waals surface area contributed by atoms with Gasteiger partial charge in [-0.15, -0.1) is 0 Å². The number of hydrogen-bond acceptors (Lipinski definition) is 9. The first-order chi connectivity index (χ1) is 15.7. The van der Waals surface area contributed by atoms with E-state index in [2.05, 4.69) is 0 Å². The van der Waals surface area contributed by atoms with Crippen LogP contribution in [-0.2, 0) is 23.7 Å². The van der Waals surface area contributed by atoms with Crippen molar-refractivity contribution in [3.63, 3.8) is 0 Å². The van der Waals surface area contributed by atoms with E-state index in [0.717, 1.165) is 0 Å². The van der Waals surface area contributed by atoms with Crippen molar-refractivity contribution in [3.8, 4) is 5.75 Å². The number of carbonyl (C=O) groups excluding carboxylic acids is 1. The Labute approximate surface area is 195 Å². The lowest BCUT2D eigenvalue weighted by molar-refractivity contribution is -0.384. The zero-order chi connectivity index (χ0) is 24.5. The molecule has 0 heterocycles. The molecule has 0 saturated carbocycles. The minimum atomic E-state index is -0.514. The number of nitro benzene ring substituents is 1. The summed E-state index contributed by atoms with van der Waals surface area (Å²) in [4.78, 5) is 23.4. The maximum atomic E-state index is 11.8. The largest absolute Gasteiger partial charge is 0.491 e. The van der Waals surface area contributed by atoms with E-state index in [4.69, 9.17) is 28.4 Å². The summed E-state index contributed by atoms with van der Waals surface area (Å²) >= 11 is 0. The predicted molar refractivity (Wildman–Crippen MR) is 121 cm³/mol. The lowest BCUT2D eigenvalue weighted by Gasteiger charge is -2.24. The highest BCUT2D eigenvalue weighted by atomic mass is 16.6. The van der Waals surface area contributed by atoms with E-state index in [-0.39, 0.29) is 11.8 Å². The van der Waals surface area contributed by atoms with Crippen molar-refractivity contribution in [1.82, 2.24) is 4.90 Å². The van der Waals surface area contributed by atoms with Gasteiger partial charge in [-0.2, -0.15) is 0 Å². The summed E-state index contributed by atoms with van der Waals surface area (Å²) < 4.78 is 32.3. The molecule has 1 aromatic rings. The molecule has 11 heteroatoms. The Hall–Kier alpha value is -2.47. The second kappa shape index (κ2) is 16.2. The molecule has 0 spiro atoms. The van der Waals surface area contributed by atoms with Crippen LogP contribution in [0.1, 0.15) is 20.8 Å². The molecule has 0 aromatic heterocycles. The summed E-state index contributed by atoms with van der Waals surface area (Å²) in [6.45, 7) is 9.68. The van der Waals surface area contributed by atoms with Gasteiger partial charge in [0.25, 0.3) is 5.69 Å². The van der Waals surface area contributed by atoms with E-state index < -0.39 is 10.5 Å². The monoisotopic (exact) mass is 472 g/mol. The van der Waals surface area contributed by atoms with E-state index in [0.29, 0.717) is 71.8 Å². The Kier molecular flexibility index (Phi) is 14.0. The van der Waals surface area contributed by atoms with Crippen molar-refractivity contribution in [2.45, 2.75) is 26.4 Å². The zero-order valence-corrected chi connectivity index (χ0v) is 19.9. The molecule has 33 heavy (non-hydrogen) atoms. The van der Waals surface area contributed by atoms with Gasteiger partial charge in [-0.3, -0.25) is 10.1 Å². The van der Waals surface area contributed by atoms with Crippen LogP contribution in [0.5, 0.6) is 5.75 Å². The SMILES string of the molecule is CN(CCOCCOCCOCCOCCOc1ccc([N+](=O)[O-])cc1)C(=O)OC(C)(C)C. The van der Waals surface area contributed by atoms with E-state index in [1.807, 2.05) is 20.8 Å². The molecule has 188 valence electrons. The van der Waals surface area contributed by atoms with Gasteiger partial charge in [0.1, 0.15) is 18.0 Å². The van der Waals surface area contributed by atoms with Crippen molar-refractivity contribution in [3.05, 3.63) is 34.4 Å². The van der Waals surface area contributed by atoms with Crippen LogP contribution >= 0.6 is 0 Å². The summed E-state index contributed by atoms with van der Waals surface area (Å²) in [5.74, 6) is 0.552. The Morgan fingerprint density at radius 1 is 0.848 bits per heavy atom. The lowest BCUT2D eigenvalue weighted by Crippen LogP contribution is -2.36. The molecular weight excluding hydrogens is 436 g/mol. The average molecular weight is 473 g/mol. The van der Waals surface area contributed by atoms with Gasteiger partial charge in [0, 0.05) is 25.7 Å². The van der Waals surface area contributed by atoms with Crippen LogP contribution in [0.2, 0.25) is 0 Å². The number of benzene rings is 1. The highest BCUT2D eigenvalue weighted by Gasteiger charge is 2.19. The molecular formula is C22H36N2O9. The van der Waals surface area contributed by atoms with E-state index >= 15 is 0 Å². The molecule has 0 fully saturated rings. The van der Waals surface area contributed by atoms with E-state index in [1.54, 1.807) is 19.2 Å². The summed E-state index contributed by atoms with van der Waals surface area (Å²) in [6, 6.07) is 5.89. The van der Waals surface area contributed by atoms with Crippen LogP contribution in [0, 0.1) is 10.1 Å². The summed E-state index contributed by atoms with van der Waals surface area (Å²) in [5.41, 5.74) is -0.491. The number of hydrogen-bond donors (Lipinski definition) is 0. The van der Waals surface area contributed by atoms with Crippen molar-refractivity contribution >= 4 is 11.8 Å². The molecule has 0 aliphatic rings. The minimum Gasteiger partial charge on any atom is -0.491 e. The molecule has 0 bridgehead atoms. The van der Waals surface area contributed by atoms with E-state index in [9.17, 15) is 14.9 Å². The fourth-order valence-electron chi connectivity index (χ4n) is 2.28. The van der Waals surface area contributed by atoms with Gasteiger partial charge in [0.15, 0.2) is 0 Å². The van der Waals surface area contributed by atoms with Gasteiger partial charge < -0.3 is 33.3 Å². The van der Waals surface area contributed by atoms with Crippen LogP contribution in [0.3, 0.4) is 0 Å². The molecule has 0 saturated heterocycles. The Morgan fingerprint density at radius 2 is 1.30 bits per heavy atom. The van der Waals surface area contributed by atoms with E-state index in [1.165, 1.54) is 17.0 Å². The molecule has 0 atom stereocenters. The molecule has 0 N–H and O–H groups in total. The molecule has 11 nitrogen and oxygen atoms in total. The smallest absolute Gasteiger partial charge is 0.410 e. The summed E-state index contributed by atoms with van der Waals surface area (Å²) in [5, 5.41) is 10.6. The number of ether oxygens (including phenoxy) is 6. The van der Waals surface area contributed by atoms with Gasteiger partial charge in [0.2, 0.25) is 0 Å². The fourth-order valence-corrected chi connectivity index (χ4v) is 2.28. The zero-order valence-electron chi connectivity index (χ0n) is 19.9. The third-order valence-electron chi connectivity index (χ3n) is 3.94. The molecule has 0 radical (unpaired) electrons. The molecule has 1 amide bonds. The Balaban J connectivity index is 1.85. The molecule has 0 aliphatic heterocycles. The average Bonchev–Trinajstić information content (AvgIpc) is 2.75. The van der Waals surface area contributed by atoms with Crippen molar-refractivity contribution < 1.29 is 38.1 Å². The van der Waals surface area contributed by atoms with Crippen LogP contribution in [0.15, 0.2) is 24.3 Å². The van der Waals surface area contributed by atoms with Gasteiger partial charge in [-0.25, -0.2) is 4.79 Å². The maximum Gasteiger partial charge on any atom is 0.410 e. The number of likely N-dealkylation sites (N-methyl/N-ethyl adjacent to an activating group) is 1. The number of nitro groups is 1. The Bertz CT molecular complexity index is 677. The van der Waals surface area contributed by atoms with Gasteiger partial charge in [0.05, 0.1) is 57.8 Å². The standard InChI is InChI=1S/C22H36N2O9/c1-22(2,3)33-21(25)23(4)9-10-28-11-12-29-13-14-30-15-16-31-17-18-32-20-7-5-19(6-8-20)24(26)27/h5-8H,9-18H2,1-4H3. The second-order valence-electron chi connectivity index (χ2n) is 7.95. The highest BCUT2D eigenvalue weighted by molar-refractivity contribution is 5.67. The summed E-state index contributed by atoms with van der Waals surface area (Å²) in [7, 11) is 1.67.